The molecule has 0 saturated carbocycles. The highest BCUT2D eigenvalue weighted by Crippen LogP contribution is 2.33. The van der Waals surface area contributed by atoms with Gasteiger partial charge in [-0.25, -0.2) is 4.98 Å². The van der Waals surface area contributed by atoms with E-state index in [1.165, 1.54) is 12.8 Å². The molecule has 0 radical (unpaired) electrons. The normalized spacial score (nSPS) is 20.8. The van der Waals surface area contributed by atoms with Gasteiger partial charge < -0.3 is 15.7 Å². The molecule has 1 aliphatic rings. The van der Waals surface area contributed by atoms with Crippen molar-refractivity contribution < 1.29 is 5.11 Å². The van der Waals surface area contributed by atoms with E-state index in [1.54, 1.807) is 6.20 Å². The zero-order chi connectivity index (χ0) is 13.1. The van der Waals surface area contributed by atoms with Crippen molar-refractivity contribution in [1.82, 2.24) is 4.98 Å². The number of aliphatic hydroxyl groups excluding tert-OH is 1. The molecule has 4 nitrogen and oxygen atoms in total. The second-order valence-corrected chi connectivity index (χ2v) is 5.65. The first-order valence-corrected chi connectivity index (χ1v) is 7.22. The molecule has 1 atom stereocenters. The molecule has 1 saturated heterocycles. The molecule has 2 heterocycles. The zero-order valence-electron chi connectivity index (χ0n) is 10.7. The Labute approximate surface area is 116 Å². The summed E-state index contributed by atoms with van der Waals surface area (Å²) >= 11 is 3.58. The van der Waals surface area contributed by atoms with Crippen molar-refractivity contribution in [2.45, 2.75) is 38.6 Å². The first kappa shape index (κ1) is 13.6. The molecule has 1 unspecified atom stereocenters. The number of nitrogen functional groups attached to an aromatic ring is 1. The molecule has 0 amide bonds. The van der Waals surface area contributed by atoms with E-state index in [-0.39, 0.29) is 12.6 Å². The van der Waals surface area contributed by atoms with Gasteiger partial charge in [0.05, 0.1) is 29.0 Å². The van der Waals surface area contributed by atoms with Crippen molar-refractivity contribution in [3.63, 3.8) is 0 Å². The second-order valence-electron chi connectivity index (χ2n) is 4.86. The second kappa shape index (κ2) is 5.89. The third-order valence-corrected chi connectivity index (χ3v) is 4.59. The van der Waals surface area contributed by atoms with Crippen molar-refractivity contribution in [3.05, 3.63) is 16.2 Å². The molecular weight excluding hydrogens is 294 g/mol. The van der Waals surface area contributed by atoms with Gasteiger partial charge in [-0.05, 0) is 41.3 Å². The van der Waals surface area contributed by atoms with Gasteiger partial charge in [-0.15, -0.1) is 0 Å². The van der Waals surface area contributed by atoms with Crippen LogP contribution in [-0.2, 0) is 0 Å². The van der Waals surface area contributed by atoms with Crippen molar-refractivity contribution in [1.29, 1.82) is 0 Å². The molecule has 1 fully saturated rings. The quantitative estimate of drug-likeness (QED) is 0.880. The molecule has 1 aliphatic heterocycles. The highest BCUT2D eigenvalue weighted by molar-refractivity contribution is 9.10. The van der Waals surface area contributed by atoms with Gasteiger partial charge in [0.1, 0.15) is 5.82 Å². The van der Waals surface area contributed by atoms with Crippen LogP contribution < -0.4 is 10.6 Å². The lowest BCUT2D eigenvalue weighted by Gasteiger charge is -2.31. The summed E-state index contributed by atoms with van der Waals surface area (Å²) in [5.41, 5.74) is 7.57. The number of hydrogen-bond acceptors (Lipinski definition) is 4. The first-order chi connectivity index (χ1) is 8.65. The summed E-state index contributed by atoms with van der Waals surface area (Å²) in [4.78, 5) is 6.66. The fourth-order valence-electron chi connectivity index (χ4n) is 2.42. The van der Waals surface area contributed by atoms with Gasteiger partial charge in [0, 0.05) is 6.54 Å². The summed E-state index contributed by atoms with van der Waals surface area (Å²) in [6, 6.07) is 0.166. The lowest BCUT2D eigenvalue weighted by atomic mass is 10.1. The minimum Gasteiger partial charge on any atom is -0.397 e. The van der Waals surface area contributed by atoms with E-state index < -0.39 is 0 Å². The first-order valence-electron chi connectivity index (χ1n) is 6.43. The molecule has 0 bridgehead atoms. The Morgan fingerprint density at radius 3 is 3.00 bits per heavy atom. The number of anilines is 2. The van der Waals surface area contributed by atoms with Crippen LogP contribution in [0.2, 0.25) is 0 Å². The fraction of sp³-hybridized carbons (Fsp3) is 0.615. The number of aromatic nitrogens is 1. The SMILES string of the molecule is Cc1c(N)cnc(N2CCCCCC2CO)c1Br. The van der Waals surface area contributed by atoms with E-state index >= 15 is 0 Å². The number of nitrogens with zero attached hydrogens (tertiary/aromatic N) is 2. The van der Waals surface area contributed by atoms with E-state index in [2.05, 4.69) is 25.8 Å². The maximum absolute atomic E-state index is 9.55. The topological polar surface area (TPSA) is 62.4 Å². The third kappa shape index (κ3) is 2.62. The Balaban J connectivity index is 2.36. The molecule has 0 aliphatic carbocycles. The summed E-state index contributed by atoms with van der Waals surface area (Å²) in [6.45, 7) is 3.11. The van der Waals surface area contributed by atoms with Crippen LogP contribution in [0.3, 0.4) is 0 Å². The van der Waals surface area contributed by atoms with Crippen molar-refractivity contribution in [2.75, 3.05) is 23.8 Å². The number of nitrogens with two attached hydrogens (primary N) is 1. The largest absolute Gasteiger partial charge is 0.397 e. The molecule has 1 aromatic rings. The molecule has 5 heteroatoms. The lowest BCUT2D eigenvalue weighted by Crippen LogP contribution is -2.38. The molecule has 0 spiro atoms. The number of aliphatic hydroxyl groups is 1. The highest BCUT2D eigenvalue weighted by Gasteiger charge is 2.24. The molecule has 0 aromatic carbocycles. The lowest BCUT2D eigenvalue weighted by molar-refractivity contribution is 0.254. The van der Waals surface area contributed by atoms with Gasteiger partial charge in [-0.1, -0.05) is 12.8 Å². The number of rotatable bonds is 2. The Kier molecular flexibility index (Phi) is 4.45. The molecule has 18 heavy (non-hydrogen) atoms. The summed E-state index contributed by atoms with van der Waals surface area (Å²) in [5.74, 6) is 0.905. The van der Waals surface area contributed by atoms with Crippen LogP contribution in [-0.4, -0.2) is 29.3 Å². The fourth-order valence-corrected chi connectivity index (χ4v) is 2.98. The number of halogens is 1. The van der Waals surface area contributed by atoms with E-state index in [1.807, 2.05) is 6.92 Å². The van der Waals surface area contributed by atoms with Crippen LogP contribution in [0.25, 0.3) is 0 Å². The smallest absolute Gasteiger partial charge is 0.143 e. The zero-order valence-corrected chi connectivity index (χ0v) is 12.3. The van der Waals surface area contributed by atoms with Crippen LogP contribution in [0.15, 0.2) is 10.7 Å². The Bertz CT molecular complexity index is 425. The standard InChI is InChI=1S/C13H20BrN3O/c1-9-11(15)7-16-13(12(9)14)17-6-4-2-3-5-10(17)8-18/h7,10,18H,2-6,8,15H2,1H3. The Morgan fingerprint density at radius 1 is 1.50 bits per heavy atom. The van der Waals surface area contributed by atoms with Gasteiger partial charge in [0.15, 0.2) is 0 Å². The Hall–Kier alpha value is -0.810. The van der Waals surface area contributed by atoms with Crippen LogP contribution in [0.1, 0.15) is 31.2 Å². The van der Waals surface area contributed by atoms with E-state index in [0.29, 0.717) is 5.69 Å². The summed E-state index contributed by atoms with van der Waals surface area (Å²) in [5, 5.41) is 9.55. The van der Waals surface area contributed by atoms with Crippen LogP contribution in [0.4, 0.5) is 11.5 Å². The maximum Gasteiger partial charge on any atom is 0.143 e. The van der Waals surface area contributed by atoms with Crippen molar-refractivity contribution >= 4 is 27.4 Å². The van der Waals surface area contributed by atoms with Crippen LogP contribution in [0.5, 0.6) is 0 Å². The highest BCUT2D eigenvalue weighted by atomic mass is 79.9. The van der Waals surface area contributed by atoms with Gasteiger partial charge in [0.25, 0.3) is 0 Å². The minimum absolute atomic E-state index is 0.166. The van der Waals surface area contributed by atoms with Crippen molar-refractivity contribution in [3.8, 4) is 0 Å². The van der Waals surface area contributed by atoms with E-state index in [9.17, 15) is 5.11 Å². The summed E-state index contributed by atoms with van der Waals surface area (Å²) < 4.78 is 0.947. The van der Waals surface area contributed by atoms with Crippen LogP contribution in [0, 0.1) is 6.92 Å². The van der Waals surface area contributed by atoms with Crippen molar-refractivity contribution in [2.24, 2.45) is 0 Å². The Morgan fingerprint density at radius 2 is 2.28 bits per heavy atom. The van der Waals surface area contributed by atoms with Gasteiger partial charge in [-0.3, -0.25) is 0 Å². The molecular formula is C13H20BrN3O. The molecule has 3 N–H and O–H groups in total. The van der Waals surface area contributed by atoms with Gasteiger partial charge >= 0.3 is 0 Å². The molecule has 2 rings (SSSR count). The van der Waals surface area contributed by atoms with Gasteiger partial charge in [0.2, 0.25) is 0 Å². The number of hydrogen-bond donors (Lipinski definition) is 2. The monoisotopic (exact) mass is 313 g/mol. The predicted molar refractivity (Wildman–Crippen MR) is 77.8 cm³/mol. The van der Waals surface area contributed by atoms with Crippen LogP contribution >= 0.6 is 15.9 Å². The van der Waals surface area contributed by atoms with Gasteiger partial charge in [-0.2, -0.15) is 0 Å². The average molecular weight is 314 g/mol. The number of pyridine rings is 1. The summed E-state index contributed by atoms with van der Waals surface area (Å²) in [6.07, 6.45) is 6.27. The molecule has 100 valence electrons. The maximum atomic E-state index is 9.55. The summed E-state index contributed by atoms with van der Waals surface area (Å²) in [7, 11) is 0. The third-order valence-electron chi connectivity index (χ3n) is 3.64. The van der Waals surface area contributed by atoms with E-state index in [0.717, 1.165) is 35.2 Å². The van der Waals surface area contributed by atoms with E-state index in [4.69, 9.17) is 5.73 Å². The minimum atomic E-state index is 0.166. The predicted octanol–water partition coefficient (Wildman–Crippen LogP) is 2.48. The average Bonchev–Trinajstić information content (AvgIpc) is 2.61. The molecule has 1 aromatic heterocycles.